The second kappa shape index (κ2) is 9.46. The lowest BCUT2D eigenvalue weighted by atomic mass is 9.99. The molecule has 6 heteroatoms. The number of benzene rings is 2. The number of aryl methyl sites for hydroxylation is 1. The van der Waals surface area contributed by atoms with Crippen LogP contribution in [0.2, 0.25) is 0 Å². The molecule has 2 N–H and O–H groups in total. The summed E-state index contributed by atoms with van der Waals surface area (Å²) in [7, 11) is 0. The topological polar surface area (TPSA) is 84.9 Å². The number of hydrogen-bond acceptors (Lipinski definition) is 4. The molecule has 138 valence electrons. The van der Waals surface area contributed by atoms with Crippen molar-refractivity contribution in [3.8, 4) is 11.5 Å². The normalized spacial score (nSPS) is 11.5. The van der Waals surface area contributed by atoms with E-state index in [9.17, 15) is 9.59 Å². The van der Waals surface area contributed by atoms with Crippen molar-refractivity contribution in [3.63, 3.8) is 0 Å². The molecule has 0 saturated heterocycles. The van der Waals surface area contributed by atoms with Gasteiger partial charge in [-0.25, -0.2) is 0 Å². The van der Waals surface area contributed by atoms with Crippen LogP contribution in [0, 0.1) is 6.92 Å². The molecule has 0 aliphatic carbocycles. The van der Waals surface area contributed by atoms with Crippen LogP contribution in [0.4, 0.5) is 0 Å². The summed E-state index contributed by atoms with van der Waals surface area (Å²) in [4.78, 5) is 23.5. The highest BCUT2D eigenvalue weighted by atomic mass is 16.5. The van der Waals surface area contributed by atoms with Gasteiger partial charge in [-0.05, 0) is 37.1 Å². The van der Waals surface area contributed by atoms with Gasteiger partial charge in [0.2, 0.25) is 0 Å². The summed E-state index contributed by atoms with van der Waals surface area (Å²) >= 11 is 0. The average molecular weight is 357 g/mol. The lowest BCUT2D eigenvalue weighted by Crippen LogP contribution is -2.34. The minimum absolute atomic E-state index is 0.202. The summed E-state index contributed by atoms with van der Waals surface area (Å²) in [6.07, 6.45) is -0.202. The third-order valence-electron chi connectivity index (χ3n) is 3.79. The molecule has 0 saturated carbocycles. The number of carbonyl (C=O) groups is 2. The monoisotopic (exact) mass is 357 g/mol. The average Bonchev–Trinajstić information content (AvgIpc) is 2.61. The maximum absolute atomic E-state index is 12.3. The van der Waals surface area contributed by atoms with E-state index in [4.69, 9.17) is 14.6 Å². The summed E-state index contributed by atoms with van der Waals surface area (Å²) in [5, 5.41) is 11.9. The van der Waals surface area contributed by atoms with E-state index in [0.29, 0.717) is 18.1 Å². The molecule has 0 spiro atoms. The second-order valence-electron chi connectivity index (χ2n) is 5.74. The molecule has 0 aliphatic heterocycles. The number of carboxylic acid groups (broad SMARTS) is 1. The molecule has 0 aliphatic rings. The zero-order chi connectivity index (χ0) is 18.9. The van der Waals surface area contributed by atoms with Crippen LogP contribution in [0.5, 0.6) is 11.5 Å². The lowest BCUT2D eigenvalue weighted by Gasteiger charge is -2.20. The van der Waals surface area contributed by atoms with Gasteiger partial charge in [0.25, 0.3) is 5.91 Å². The Balaban J connectivity index is 2.04. The van der Waals surface area contributed by atoms with Crippen molar-refractivity contribution in [1.29, 1.82) is 0 Å². The molecule has 1 amide bonds. The van der Waals surface area contributed by atoms with Gasteiger partial charge < -0.3 is 19.9 Å². The van der Waals surface area contributed by atoms with Crippen molar-refractivity contribution in [3.05, 3.63) is 59.7 Å². The standard InChI is InChI=1S/C20H23NO5/c1-3-25-17-10-6-7-11-18(17)26-13-19(22)21-16(12-20(23)24)15-9-5-4-8-14(15)2/h4-11,16H,3,12-13H2,1-2H3,(H,21,22)(H,23,24). The van der Waals surface area contributed by atoms with Gasteiger partial charge in [-0.2, -0.15) is 0 Å². The molecular formula is C20H23NO5. The van der Waals surface area contributed by atoms with E-state index in [1.165, 1.54) is 0 Å². The summed E-state index contributed by atoms with van der Waals surface area (Å²) in [6.45, 7) is 4.00. The second-order valence-corrected chi connectivity index (χ2v) is 5.74. The Bertz CT molecular complexity index is 759. The van der Waals surface area contributed by atoms with Gasteiger partial charge in [-0.1, -0.05) is 36.4 Å². The van der Waals surface area contributed by atoms with Crippen molar-refractivity contribution in [2.24, 2.45) is 0 Å². The van der Waals surface area contributed by atoms with Gasteiger partial charge in [-0.3, -0.25) is 9.59 Å². The van der Waals surface area contributed by atoms with Crippen LogP contribution >= 0.6 is 0 Å². The molecule has 2 aromatic rings. The first-order valence-electron chi connectivity index (χ1n) is 8.42. The van der Waals surface area contributed by atoms with Crippen LogP contribution < -0.4 is 14.8 Å². The molecule has 0 aromatic heterocycles. The van der Waals surface area contributed by atoms with E-state index in [1.807, 2.05) is 44.2 Å². The fourth-order valence-corrected chi connectivity index (χ4v) is 2.61. The SMILES string of the molecule is CCOc1ccccc1OCC(=O)NC(CC(=O)O)c1ccccc1C. The molecule has 0 fully saturated rings. The fraction of sp³-hybridized carbons (Fsp3) is 0.300. The van der Waals surface area contributed by atoms with Crippen molar-refractivity contribution in [2.45, 2.75) is 26.3 Å². The number of nitrogens with one attached hydrogen (secondary N) is 1. The highest BCUT2D eigenvalue weighted by molar-refractivity contribution is 5.79. The molecule has 2 aromatic carbocycles. The van der Waals surface area contributed by atoms with E-state index in [0.717, 1.165) is 11.1 Å². The van der Waals surface area contributed by atoms with Crippen molar-refractivity contribution in [2.75, 3.05) is 13.2 Å². The fourth-order valence-electron chi connectivity index (χ4n) is 2.61. The summed E-state index contributed by atoms with van der Waals surface area (Å²) in [5.74, 6) is -0.356. The van der Waals surface area contributed by atoms with Crippen LogP contribution in [-0.4, -0.2) is 30.2 Å². The van der Waals surface area contributed by atoms with Crippen LogP contribution in [-0.2, 0) is 9.59 Å². The van der Waals surface area contributed by atoms with Gasteiger partial charge in [0.15, 0.2) is 18.1 Å². The highest BCUT2D eigenvalue weighted by Crippen LogP contribution is 2.26. The Morgan fingerprint density at radius 1 is 1.04 bits per heavy atom. The first-order valence-corrected chi connectivity index (χ1v) is 8.42. The molecule has 0 radical (unpaired) electrons. The minimum atomic E-state index is -0.985. The van der Waals surface area contributed by atoms with Gasteiger partial charge in [-0.15, -0.1) is 0 Å². The summed E-state index contributed by atoms with van der Waals surface area (Å²) < 4.78 is 11.0. The third kappa shape index (κ3) is 5.51. The lowest BCUT2D eigenvalue weighted by molar-refractivity contribution is -0.137. The van der Waals surface area contributed by atoms with Gasteiger partial charge in [0.1, 0.15) is 0 Å². The van der Waals surface area contributed by atoms with Crippen molar-refractivity contribution in [1.82, 2.24) is 5.32 Å². The molecule has 6 nitrogen and oxygen atoms in total. The Morgan fingerprint density at radius 2 is 1.65 bits per heavy atom. The quantitative estimate of drug-likeness (QED) is 0.720. The number of aliphatic carboxylic acids is 1. The van der Waals surface area contributed by atoms with E-state index in [2.05, 4.69) is 5.32 Å². The highest BCUT2D eigenvalue weighted by Gasteiger charge is 2.20. The molecule has 0 heterocycles. The number of rotatable bonds is 9. The summed E-state index contributed by atoms with van der Waals surface area (Å²) in [6, 6.07) is 13.8. The predicted octanol–water partition coefficient (Wildman–Crippen LogP) is 3.10. The predicted molar refractivity (Wildman–Crippen MR) is 97.4 cm³/mol. The molecule has 0 bridgehead atoms. The first-order chi connectivity index (χ1) is 12.5. The molecule has 1 unspecified atom stereocenters. The van der Waals surface area contributed by atoms with E-state index in [1.54, 1.807) is 18.2 Å². The maximum atomic E-state index is 12.3. The zero-order valence-corrected chi connectivity index (χ0v) is 14.9. The number of hydrogen-bond donors (Lipinski definition) is 2. The van der Waals surface area contributed by atoms with Crippen molar-refractivity contribution >= 4 is 11.9 Å². The molecule has 26 heavy (non-hydrogen) atoms. The number of para-hydroxylation sites is 2. The van der Waals surface area contributed by atoms with Crippen LogP contribution in [0.15, 0.2) is 48.5 Å². The first kappa shape index (κ1) is 19.3. The van der Waals surface area contributed by atoms with E-state index >= 15 is 0 Å². The smallest absolute Gasteiger partial charge is 0.305 e. The largest absolute Gasteiger partial charge is 0.490 e. The van der Waals surface area contributed by atoms with Crippen molar-refractivity contribution < 1.29 is 24.2 Å². The Kier molecular flexibility index (Phi) is 7.02. The van der Waals surface area contributed by atoms with E-state index < -0.39 is 17.9 Å². The van der Waals surface area contributed by atoms with Crippen LogP contribution in [0.1, 0.15) is 30.5 Å². The maximum Gasteiger partial charge on any atom is 0.305 e. The Morgan fingerprint density at radius 3 is 2.27 bits per heavy atom. The third-order valence-corrected chi connectivity index (χ3v) is 3.79. The Hall–Kier alpha value is -3.02. The number of carbonyl (C=O) groups excluding carboxylic acids is 1. The summed E-state index contributed by atoms with van der Waals surface area (Å²) in [5.41, 5.74) is 1.69. The molecular weight excluding hydrogens is 334 g/mol. The Labute approximate surface area is 152 Å². The van der Waals surface area contributed by atoms with Gasteiger partial charge in [0.05, 0.1) is 19.1 Å². The van der Waals surface area contributed by atoms with Gasteiger partial charge in [0, 0.05) is 0 Å². The van der Waals surface area contributed by atoms with Crippen LogP contribution in [0.25, 0.3) is 0 Å². The van der Waals surface area contributed by atoms with Gasteiger partial charge >= 0.3 is 5.97 Å². The van der Waals surface area contributed by atoms with E-state index in [-0.39, 0.29) is 13.0 Å². The number of amides is 1. The number of carboxylic acids is 1. The molecule has 1 atom stereocenters. The van der Waals surface area contributed by atoms with Crippen LogP contribution in [0.3, 0.4) is 0 Å². The number of ether oxygens (including phenoxy) is 2. The minimum Gasteiger partial charge on any atom is -0.490 e. The molecule has 2 rings (SSSR count). The zero-order valence-electron chi connectivity index (χ0n) is 14.9.